The fraction of sp³-hybridized carbons (Fsp3) is 0.615. The van der Waals surface area contributed by atoms with Gasteiger partial charge in [-0.1, -0.05) is 6.92 Å². The normalized spacial score (nSPS) is 16.7. The Kier molecular flexibility index (Phi) is 5.92. The van der Waals surface area contributed by atoms with Crippen LogP contribution in [0.25, 0.3) is 0 Å². The molecule has 1 aliphatic rings. The number of aliphatic hydroxyl groups excluding tert-OH is 1. The predicted molar refractivity (Wildman–Crippen MR) is 64.3 cm³/mol. The van der Waals surface area contributed by atoms with E-state index in [4.69, 9.17) is 5.11 Å². The fourth-order valence-electron chi connectivity index (χ4n) is 2.19. The quantitative estimate of drug-likeness (QED) is 0.668. The summed E-state index contributed by atoms with van der Waals surface area (Å²) in [6, 6.07) is 4.29. The van der Waals surface area contributed by atoms with Crippen molar-refractivity contribution in [3.8, 4) is 0 Å². The van der Waals surface area contributed by atoms with Crippen molar-refractivity contribution in [1.29, 1.82) is 0 Å². The Hall–Kier alpha value is -0.610. The van der Waals surface area contributed by atoms with Gasteiger partial charge >= 0.3 is 0 Å². The zero-order valence-electron chi connectivity index (χ0n) is 10.3. The van der Waals surface area contributed by atoms with Crippen molar-refractivity contribution in [2.75, 3.05) is 24.6 Å². The molecule has 0 unspecified atom stereocenters. The SMILES string of the molecule is CC1CCN(c2cc[n+](CCO)cc2)CC1.[Br-]. The lowest BCUT2D eigenvalue weighted by molar-refractivity contribution is -0.698. The number of nitrogens with zero attached hydrogens (tertiary/aromatic N) is 2. The van der Waals surface area contributed by atoms with Crippen LogP contribution in [0.4, 0.5) is 5.69 Å². The van der Waals surface area contributed by atoms with Crippen LogP contribution >= 0.6 is 0 Å². The van der Waals surface area contributed by atoms with E-state index in [0.717, 1.165) is 5.92 Å². The first-order valence-electron chi connectivity index (χ1n) is 6.14. The second-order valence-corrected chi connectivity index (χ2v) is 4.69. The van der Waals surface area contributed by atoms with Crippen LogP contribution in [0.2, 0.25) is 0 Å². The molecule has 2 rings (SSSR count). The van der Waals surface area contributed by atoms with Gasteiger partial charge in [0.1, 0.15) is 6.61 Å². The Morgan fingerprint density at radius 3 is 2.41 bits per heavy atom. The van der Waals surface area contributed by atoms with Gasteiger partial charge in [0.2, 0.25) is 0 Å². The summed E-state index contributed by atoms with van der Waals surface area (Å²) in [6.45, 7) is 5.55. The summed E-state index contributed by atoms with van der Waals surface area (Å²) in [6.07, 6.45) is 6.68. The molecular formula is C13H21BrN2O. The molecule has 4 heteroatoms. The molecule has 1 aliphatic heterocycles. The molecule has 0 amide bonds. The molecule has 3 nitrogen and oxygen atoms in total. The molecule has 2 heterocycles. The van der Waals surface area contributed by atoms with Crippen molar-refractivity contribution in [3.05, 3.63) is 24.5 Å². The van der Waals surface area contributed by atoms with Crippen molar-refractivity contribution in [1.82, 2.24) is 0 Å². The van der Waals surface area contributed by atoms with E-state index < -0.39 is 0 Å². The van der Waals surface area contributed by atoms with E-state index in [0.29, 0.717) is 6.54 Å². The second kappa shape index (κ2) is 6.97. The molecule has 0 aromatic carbocycles. The average molecular weight is 301 g/mol. The lowest BCUT2D eigenvalue weighted by atomic mass is 9.99. The molecule has 1 aromatic rings. The van der Waals surface area contributed by atoms with Crippen LogP contribution in [0.3, 0.4) is 0 Å². The van der Waals surface area contributed by atoms with E-state index in [9.17, 15) is 0 Å². The van der Waals surface area contributed by atoms with E-state index >= 15 is 0 Å². The number of pyridine rings is 1. The molecule has 0 atom stereocenters. The third kappa shape index (κ3) is 3.96. The van der Waals surface area contributed by atoms with Crippen molar-refractivity contribution >= 4 is 5.69 Å². The summed E-state index contributed by atoms with van der Waals surface area (Å²) >= 11 is 0. The molecule has 1 fully saturated rings. The summed E-state index contributed by atoms with van der Waals surface area (Å²) in [4.78, 5) is 2.45. The van der Waals surface area contributed by atoms with E-state index in [2.05, 4.69) is 24.0 Å². The lowest BCUT2D eigenvalue weighted by Crippen LogP contribution is -3.00. The van der Waals surface area contributed by atoms with Crippen LogP contribution in [0, 0.1) is 5.92 Å². The molecule has 1 aromatic heterocycles. The van der Waals surface area contributed by atoms with Crippen molar-refractivity contribution in [2.24, 2.45) is 5.92 Å². The number of anilines is 1. The van der Waals surface area contributed by atoms with E-state index in [-0.39, 0.29) is 23.6 Å². The molecule has 0 radical (unpaired) electrons. The van der Waals surface area contributed by atoms with Crippen molar-refractivity contribution in [3.63, 3.8) is 0 Å². The standard InChI is InChI=1S/C13H21N2O.BrH/c1-12-2-8-15(9-3-12)13-4-6-14(7-5-13)10-11-16;/h4-7,12,16H,2-3,8-11H2,1H3;1H/q+1;/p-1. The first kappa shape index (κ1) is 14.5. The van der Waals surface area contributed by atoms with Crippen LogP contribution in [-0.2, 0) is 6.54 Å². The highest BCUT2D eigenvalue weighted by molar-refractivity contribution is 5.43. The van der Waals surface area contributed by atoms with Gasteiger partial charge in [0.15, 0.2) is 18.9 Å². The van der Waals surface area contributed by atoms with Gasteiger partial charge < -0.3 is 27.0 Å². The molecule has 0 aliphatic carbocycles. The summed E-state index contributed by atoms with van der Waals surface area (Å²) in [5.74, 6) is 0.874. The number of hydrogen-bond donors (Lipinski definition) is 1. The van der Waals surface area contributed by atoms with Gasteiger partial charge in [-0.3, -0.25) is 0 Å². The minimum Gasteiger partial charge on any atom is -1.00 e. The molecular weight excluding hydrogens is 280 g/mol. The maximum Gasteiger partial charge on any atom is 0.171 e. The van der Waals surface area contributed by atoms with Gasteiger partial charge in [-0.25, -0.2) is 4.57 Å². The molecule has 0 saturated carbocycles. The summed E-state index contributed by atoms with van der Waals surface area (Å²) in [5, 5.41) is 8.84. The van der Waals surface area contributed by atoms with Crippen molar-refractivity contribution < 1.29 is 26.7 Å². The molecule has 96 valence electrons. The molecule has 0 spiro atoms. The maximum atomic E-state index is 8.84. The van der Waals surface area contributed by atoms with E-state index in [1.54, 1.807) is 0 Å². The average Bonchev–Trinajstić information content (AvgIpc) is 2.32. The maximum absolute atomic E-state index is 8.84. The largest absolute Gasteiger partial charge is 1.00 e. The molecule has 17 heavy (non-hydrogen) atoms. The Balaban J connectivity index is 0.00000144. The van der Waals surface area contributed by atoms with E-state index in [1.165, 1.54) is 31.6 Å². The number of halogens is 1. The van der Waals surface area contributed by atoms with Gasteiger partial charge in [0.25, 0.3) is 0 Å². The Labute approximate surface area is 114 Å². The van der Waals surface area contributed by atoms with Gasteiger partial charge in [0, 0.05) is 30.9 Å². The van der Waals surface area contributed by atoms with Gasteiger partial charge in [-0.05, 0) is 18.8 Å². The number of hydrogen-bond acceptors (Lipinski definition) is 2. The summed E-state index contributed by atoms with van der Waals surface area (Å²) in [7, 11) is 0. The summed E-state index contributed by atoms with van der Waals surface area (Å²) in [5.41, 5.74) is 1.31. The third-order valence-electron chi connectivity index (χ3n) is 3.38. The minimum absolute atomic E-state index is 0. The highest BCUT2D eigenvalue weighted by Crippen LogP contribution is 2.21. The number of aromatic nitrogens is 1. The Morgan fingerprint density at radius 1 is 1.29 bits per heavy atom. The van der Waals surface area contributed by atoms with E-state index in [1.807, 2.05) is 17.0 Å². The minimum atomic E-state index is 0. The second-order valence-electron chi connectivity index (χ2n) is 4.69. The highest BCUT2D eigenvalue weighted by atomic mass is 79.9. The van der Waals surface area contributed by atoms with Crippen LogP contribution in [-0.4, -0.2) is 24.8 Å². The first-order chi connectivity index (χ1) is 7.79. The number of aliphatic hydroxyl groups is 1. The Bertz CT molecular complexity index is 321. The predicted octanol–water partition coefficient (Wildman–Crippen LogP) is -1.79. The monoisotopic (exact) mass is 300 g/mol. The topological polar surface area (TPSA) is 27.4 Å². The van der Waals surface area contributed by atoms with Gasteiger partial charge in [-0.15, -0.1) is 0 Å². The lowest BCUT2D eigenvalue weighted by Gasteiger charge is -2.31. The van der Waals surface area contributed by atoms with Gasteiger partial charge in [-0.2, -0.15) is 0 Å². The van der Waals surface area contributed by atoms with Crippen molar-refractivity contribution in [2.45, 2.75) is 26.3 Å². The third-order valence-corrected chi connectivity index (χ3v) is 3.38. The smallest absolute Gasteiger partial charge is 0.171 e. The zero-order valence-corrected chi connectivity index (χ0v) is 11.9. The van der Waals surface area contributed by atoms with Crippen LogP contribution in [0.15, 0.2) is 24.5 Å². The highest BCUT2D eigenvalue weighted by Gasteiger charge is 2.16. The van der Waals surface area contributed by atoms with Gasteiger partial charge in [0.05, 0.1) is 0 Å². The number of rotatable bonds is 3. The Morgan fingerprint density at radius 2 is 1.88 bits per heavy atom. The number of piperidine rings is 1. The molecule has 1 N–H and O–H groups in total. The van der Waals surface area contributed by atoms with Crippen LogP contribution in [0.1, 0.15) is 19.8 Å². The zero-order chi connectivity index (χ0) is 11.4. The fourth-order valence-corrected chi connectivity index (χ4v) is 2.19. The first-order valence-corrected chi connectivity index (χ1v) is 6.14. The molecule has 1 saturated heterocycles. The van der Waals surface area contributed by atoms with Crippen LogP contribution in [0.5, 0.6) is 0 Å². The van der Waals surface area contributed by atoms with Crippen LogP contribution < -0.4 is 26.4 Å². The molecule has 0 bridgehead atoms. The summed E-state index contributed by atoms with van der Waals surface area (Å²) < 4.78 is 2.01.